The Bertz CT molecular complexity index is 294. The SMILES string of the molecule is CCCCN(C)C(=O)CCCN1CCC(C(C)CO)CC1.Cl. The lowest BCUT2D eigenvalue weighted by Gasteiger charge is -2.34. The van der Waals surface area contributed by atoms with Crippen LogP contribution in [0.1, 0.15) is 52.4 Å². The topological polar surface area (TPSA) is 43.8 Å². The summed E-state index contributed by atoms with van der Waals surface area (Å²) in [5.74, 6) is 1.39. The van der Waals surface area contributed by atoms with Gasteiger partial charge in [0.15, 0.2) is 0 Å². The smallest absolute Gasteiger partial charge is 0.222 e. The van der Waals surface area contributed by atoms with Gasteiger partial charge in [-0.05, 0) is 57.2 Å². The van der Waals surface area contributed by atoms with Crippen molar-refractivity contribution in [2.45, 2.75) is 52.4 Å². The Kier molecular flexibility index (Phi) is 12.0. The van der Waals surface area contributed by atoms with Crippen molar-refractivity contribution in [3.8, 4) is 0 Å². The molecule has 1 N–H and O–H groups in total. The van der Waals surface area contributed by atoms with Crippen LogP contribution >= 0.6 is 12.4 Å². The van der Waals surface area contributed by atoms with Gasteiger partial charge in [-0.1, -0.05) is 20.3 Å². The fraction of sp³-hybridized carbons (Fsp3) is 0.941. The molecule has 5 heteroatoms. The molecule has 1 fully saturated rings. The van der Waals surface area contributed by atoms with Gasteiger partial charge in [-0.25, -0.2) is 0 Å². The number of carbonyl (C=O) groups excluding carboxylic acids is 1. The summed E-state index contributed by atoms with van der Waals surface area (Å²) in [5, 5.41) is 9.21. The molecule has 0 spiro atoms. The van der Waals surface area contributed by atoms with Crippen LogP contribution in [-0.4, -0.2) is 60.6 Å². The zero-order valence-corrected chi connectivity index (χ0v) is 15.4. The Morgan fingerprint density at radius 3 is 2.50 bits per heavy atom. The van der Waals surface area contributed by atoms with E-state index in [1.165, 1.54) is 12.8 Å². The molecular formula is C17H35ClN2O2. The Balaban J connectivity index is 0.00000441. The zero-order valence-electron chi connectivity index (χ0n) is 14.6. The molecule has 0 aromatic heterocycles. The van der Waals surface area contributed by atoms with Gasteiger partial charge in [0.05, 0.1) is 0 Å². The van der Waals surface area contributed by atoms with Crippen LogP contribution in [0.3, 0.4) is 0 Å². The molecule has 0 radical (unpaired) electrons. The van der Waals surface area contributed by atoms with Crippen molar-refractivity contribution in [3.05, 3.63) is 0 Å². The molecule has 0 aromatic rings. The second kappa shape index (κ2) is 12.1. The second-order valence-electron chi connectivity index (χ2n) is 6.61. The van der Waals surface area contributed by atoms with Crippen molar-refractivity contribution in [1.29, 1.82) is 0 Å². The minimum absolute atomic E-state index is 0. The lowest BCUT2D eigenvalue weighted by Crippen LogP contribution is -2.37. The van der Waals surface area contributed by atoms with E-state index in [4.69, 9.17) is 0 Å². The fourth-order valence-corrected chi connectivity index (χ4v) is 3.06. The van der Waals surface area contributed by atoms with Crippen LogP contribution < -0.4 is 0 Å². The first-order chi connectivity index (χ1) is 10.1. The van der Waals surface area contributed by atoms with E-state index >= 15 is 0 Å². The van der Waals surface area contributed by atoms with E-state index in [-0.39, 0.29) is 18.3 Å². The van der Waals surface area contributed by atoms with E-state index in [9.17, 15) is 9.90 Å². The van der Waals surface area contributed by atoms with Crippen LogP contribution in [-0.2, 0) is 4.79 Å². The van der Waals surface area contributed by atoms with Crippen LogP contribution in [0.4, 0.5) is 0 Å². The fourth-order valence-electron chi connectivity index (χ4n) is 3.06. The van der Waals surface area contributed by atoms with Crippen LogP contribution in [0.5, 0.6) is 0 Å². The third kappa shape index (κ3) is 7.80. The summed E-state index contributed by atoms with van der Waals surface area (Å²) in [6, 6.07) is 0. The summed E-state index contributed by atoms with van der Waals surface area (Å²) < 4.78 is 0. The van der Waals surface area contributed by atoms with Gasteiger partial charge >= 0.3 is 0 Å². The molecule has 22 heavy (non-hydrogen) atoms. The van der Waals surface area contributed by atoms with E-state index in [0.717, 1.165) is 45.4 Å². The highest BCUT2D eigenvalue weighted by Crippen LogP contribution is 2.24. The molecule has 1 aliphatic heterocycles. The maximum atomic E-state index is 12.0. The number of likely N-dealkylation sites (tertiary alicyclic amines) is 1. The third-order valence-corrected chi connectivity index (χ3v) is 4.86. The number of unbranched alkanes of at least 4 members (excludes halogenated alkanes) is 1. The summed E-state index contributed by atoms with van der Waals surface area (Å²) in [4.78, 5) is 16.3. The van der Waals surface area contributed by atoms with Gasteiger partial charge in [-0.15, -0.1) is 12.4 Å². The largest absolute Gasteiger partial charge is 0.396 e. The van der Waals surface area contributed by atoms with Crippen molar-refractivity contribution < 1.29 is 9.90 Å². The minimum atomic E-state index is 0. The molecule has 0 saturated carbocycles. The maximum absolute atomic E-state index is 12.0. The summed E-state index contributed by atoms with van der Waals surface area (Å²) in [5.41, 5.74) is 0. The molecule has 1 amide bonds. The van der Waals surface area contributed by atoms with E-state index in [1.807, 2.05) is 11.9 Å². The molecule has 1 saturated heterocycles. The number of piperidine rings is 1. The van der Waals surface area contributed by atoms with Crippen LogP contribution in [0.25, 0.3) is 0 Å². The maximum Gasteiger partial charge on any atom is 0.222 e. The van der Waals surface area contributed by atoms with Crippen molar-refractivity contribution >= 4 is 18.3 Å². The normalized spacial score (nSPS) is 17.8. The average molecular weight is 335 g/mol. The Morgan fingerprint density at radius 1 is 1.32 bits per heavy atom. The monoisotopic (exact) mass is 334 g/mol. The van der Waals surface area contributed by atoms with Gasteiger partial charge in [-0.3, -0.25) is 4.79 Å². The third-order valence-electron chi connectivity index (χ3n) is 4.86. The molecule has 1 aliphatic rings. The summed E-state index contributed by atoms with van der Waals surface area (Å²) in [7, 11) is 1.92. The van der Waals surface area contributed by atoms with Crippen molar-refractivity contribution in [2.75, 3.05) is 39.8 Å². The molecule has 1 unspecified atom stereocenters. The first-order valence-electron chi connectivity index (χ1n) is 8.65. The Labute approximate surface area is 142 Å². The highest BCUT2D eigenvalue weighted by atomic mass is 35.5. The van der Waals surface area contributed by atoms with E-state index in [0.29, 0.717) is 24.9 Å². The molecule has 0 aliphatic carbocycles. The van der Waals surface area contributed by atoms with Crippen LogP contribution in [0, 0.1) is 11.8 Å². The number of aliphatic hydroxyl groups is 1. The molecular weight excluding hydrogens is 300 g/mol. The van der Waals surface area contributed by atoms with Gasteiger partial charge in [0, 0.05) is 26.6 Å². The predicted molar refractivity (Wildman–Crippen MR) is 94.4 cm³/mol. The summed E-state index contributed by atoms with van der Waals surface area (Å²) in [6.07, 6.45) is 6.25. The van der Waals surface area contributed by atoms with Gasteiger partial charge in [0.25, 0.3) is 0 Å². The molecule has 1 rings (SSSR count). The first-order valence-corrected chi connectivity index (χ1v) is 8.65. The minimum Gasteiger partial charge on any atom is -0.396 e. The van der Waals surface area contributed by atoms with Crippen molar-refractivity contribution in [1.82, 2.24) is 9.80 Å². The van der Waals surface area contributed by atoms with E-state index in [1.54, 1.807) is 0 Å². The second-order valence-corrected chi connectivity index (χ2v) is 6.61. The average Bonchev–Trinajstić information content (AvgIpc) is 2.52. The van der Waals surface area contributed by atoms with E-state index < -0.39 is 0 Å². The molecule has 0 aromatic carbocycles. The van der Waals surface area contributed by atoms with Gasteiger partial charge in [0.1, 0.15) is 0 Å². The quantitative estimate of drug-likeness (QED) is 0.705. The molecule has 1 heterocycles. The zero-order chi connectivity index (χ0) is 15.7. The molecule has 132 valence electrons. The first kappa shape index (κ1) is 21.7. The number of nitrogens with zero attached hydrogens (tertiary/aromatic N) is 2. The van der Waals surface area contributed by atoms with Gasteiger partial charge in [-0.2, -0.15) is 0 Å². The summed E-state index contributed by atoms with van der Waals surface area (Å²) >= 11 is 0. The number of rotatable bonds is 9. The van der Waals surface area contributed by atoms with Crippen LogP contribution in [0.15, 0.2) is 0 Å². The number of amides is 1. The Hall–Kier alpha value is -0.320. The lowest BCUT2D eigenvalue weighted by atomic mass is 9.86. The lowest BCUT2D eigenvalue weighted by molar-refractivity contribution is -0.130. The number of aliphatic hydroxyl groups excluding tert-OH is 1. The molecule has 4 nitrogen and oxygen atoms in total. The molecule has 0 bridgehead atoms. The predicted octanol–water partition coefficient (Wildman–Crippen LogP) is 2.79. The standard InChI is InChI=1S/C17H34N2O2.ClH/c1-4-5-10-18(3)17(21)7-6-11-19-12-8-16(9-13-19)15(2)14-20;/h15-16,20H,4-14H2,1-3H3;1H. The van der Waals surface area contributed by atoms with Gasteiger partial charge in [0.2, 0.25) is 5.91 Å². The number of halogens is 1. The molecule has 1 atom stereocenters. The number of hydrogen-bond donors (Lipinski definition) is 1. The van der Waals surface area contributed by atoms with Crippen molar-refractivity contribution in [3.63, 3.8) is 0 Å². The van der Waals surface area contributed by atoms with Crippen LogP contribution in [0.2, 0.25) is 0 Å². The Morgan fingerprint density at radius 2 is 1.95 bits per heavy atom. The van der Waals surface area contributed by atoms with Crippen molar-refractivity contribution in [2.24, 2.45) is 11.8 Å². The number of hydrogen-bond acceptors (Lipinski definition) is 3. The highest BCUT2D eigenvalue weighted by molar-refractivity contribution is 5.85. The number of carbonyl (C=O) groups is 1. The van der Waals surface area contributed by atoms with E-state index in [2.05, 4.69) is 18.7 Å². The van der Waals surface area contributed by atoms with Gasteiger partial charge < -0.3 is 14.9 Å². The summed E-state index contributed by atoms with van der Waals surface area (Å²) in [6.45, 7) is 8.77. The highest BCUT2D eigenvalue weighted by Gasteiger charge is 2.23.